The fourth-order valence-corrected chi connectivity index (χ4v) is 3.21. The lowest BCUT2D eigenvalue weighted by Gasteiger charge is -2.27. The highest BCUT2D eigenvalue weighted by Crippen LogP contribution is 2.31. The van der Waals surface area contributed by atoms with Gasteiger partial charge in [-0.25, -0.2) is 0 Å². The second kappa shape index (κ2) is 8.67. The SMILES string of the molecule is Cl.N=C(N)NC[C@H]1CC[C@H](C(=O)Oc2cccc3cccnc23)CC1. The van der Waals surface area contributed by atoms with Crippen LogP contribution in [0.3, 0.4) is 0 Å². The summed E-state index contributed by atoms with van der Waals surface area (Å²) >= 11 is 0. The van der Waals surface area contributed by atoms with Gasteiger partial charge in [0.25, 0.3) is 0 Å². The summed E-state index contributed by atoms with van der Waals surface area (Å²) in [5.74, 6) is 0.735. The number of nitrogens with two attached hydrogens (primary N) is 1. The number of hydrogen-bond acceptors (Lipinski definition) is 4. The maximum Gasteiger partial charge on any atom is 0.314 e. The van der Waals surface area contributed by atoms with E-state index in [0.29, 0.717) is 23.7 Å². The van der Waals surface area contributed by atoms with Gasteiger partial charge in [-0.3, -0.25) is 15.2 Å². The van der Waals surface area contributed by atoms with Gasteiger partial charge >= 0.3 is 5.97 Å². The van der Waals surface area contributed by atoms with Crippen molar-refractivity contribution in [3.05, 3.63) is 36.5 Å². The summed E-state index contributed by atoms with van der Waals surface area (Å²) in [6.07, 6.45) is 5.19. The average molecular weight is 363 g/mol. The summed E-state index contributed by atoms with van der Waals surface area (Å²) in [7, 11) is 0. The van der Waals surface area contributed by atoms with Crippen molar-refractivity contribution in [1.82, 2.24) is 10.3 Å². The maximum atomic E-state index is 12.5. The van der Waals surface area contributed by atoms with Crippen LogP contribution in [0.2, 0.25) is 0 Å². The number of esters is 1. The summed E-state index contributed by atoms with van der Waals surface area (Å²) in [6.45, 7) is 0.699. The molecular formula is C18H23ClN4O2. The number of aromatic nitrogens is 1. The molecular weight excluding hydrogens is 340 g/mol. The molecule has 1 fully saturated rings. The number of nitrogens with zero attached hydrogens (tertiary/aromatic N) is 1. The fraction of sp³-hybridized carbons (Fsp3) is 0.389. The number of fused-ring (bicyclic) bond motifs is 1. The summed E-state index contributed by atoms with van der Waals surface area (Å²) < 4.78 is 5.63. The van der Waals surface area contributed by atoms with Crippen molar-refractivity contribution in [3.8, 4) is 5.75 Å². The Morgan fingerprint density at radius 2 is 1.96 bits per heavy atom. The van der Waals surface area contributed by atoms with Gasteiger partial charge < -0.3 is 15.8 Å². The number of guanidine groups is 1. The van der Waals surface area contributed by atoms with Crippen LogP contribution in [0, 0.1) is 17.2 Å². The number of benzene rings is 1. The van der Waals surface area contributed by atoms with Crippen LogP contribution in [0.25, 0.3) is 10.9 Å². The minimum Gasteiger partial charge on any atom is -0.424 e. The molecule has 6 nitrogen and oxygen atoms in total. The molecule has 134 valence electrons. The van der Waals surface area contributed by atoms with Gasteiger partial charge in [-0.05, 0) is 43.7 Å². The molecule has 0 radical (unpaired) electrons. The van der Waals surface area contributed by atoms with Gasteiger partial charge in [0.05, 0.1) is 5.92 Å². The van der Waals surface area contributed by atoms with Gasteiger partial charge in [-0.1, -0.05) is 18.2 Å². The molecule has 4 N–H and O–H groups in total. The molecule has 7 heteroatoms. The van der Waals surface area contributed by atoms with Crippen molar-refractivity contribution in [2.45, 2.75) is 25.7 Å². The quantitative estimate of drug-likeness (QED) is 0.336. The van der Waals surface area contributed by atoms with Crippen molar-refractivity contribution in [3.63, 3.8) is 0 Å². The number of hydrogen-bond donors (Lipinski definition) is 3. The highest BCUT2D eigenvalue weighted by molar-refractivity contribution is 5.87. The Morgan fingerprint density at radius 3 is 2.68 bits per heavy atom. The Balaban J connectivity index is 0.00000225. The Hall–Kier alpha value is -2.34. The van der Waals surface area contributed by atoms with E-state index in [-0.39, 0.29) is 30.3 Å². The van der Waals surface area contributed by atoms with Crippen molar-refractivity contribution in [2.75, 3.05) is 6.54 Å². The van der Waals surface area contributed by atoms with E-state index in [9.17, 15) is 4.79 Å². The van der Waals surface area contributed by atoms with Gasteiger partial charge in [-0.2, -0.15) is 0 Å². The zero-order chi connectivity index (χ0) is 16.9. The zero-order valence-electron chi connectivity index (χ0n) is 13.9. The minimum atomic E-state index is -0.175. The summed E-state index contributed by atoms with van der Waals surface area (Å²) in [5.41, 5.74) is 6.02. The summed E-state index contributed by atoms with van der Waals surface area (Å²) in [6, 6.07) is 9.43. The first-order valence-electron chi connectivity index (χ1n) is 8.27. The molecule has 0 spiro atoms. The second-order valence-electron chi connectivity index (χ2n) is 6.26. The number of nitrogens with one attached hydrogen (secondary N) is 2. The van der Waals surface area contributed by atoms with E-state index in [0.717, 1.165) is 31.1 Å². The molecule has 0 bridgehead atoms. The highest BCUT2D eigenvalue weighted by atomic mass is 35.5. The molecule has 0 unspecified atom stereocenters. The third-order valence-electron chi connectivity index (χ3n) is 4.57. The third kappa shape index (κ3) is 4.82. The maximum absolute atomic E-state index is 12.5. The standard InChI is InChI=1S/C18H22N4O2.ClH/c19-18(20)22-11-12-6-8-14(9-7-12)17(23)24-15-5-1-3-13-4-2-10-21-16(13)15;/h1-5,10,12,14H,6-9,11H2,(H4,19,20,22);1H/t12-,14-;. The predicted octanol–water partition coefficient (Wildman–Crippen LogP) is 2.85. The molecule has 0 atom stereocenters. The Labute approximate surface area is 153 Å². The Bertz CT molecular complexity index is 739. The first-order chi connectivity index (χ1) is 11.6. The predicted molar refractivity (Wildman–Crippen MR) is 100.0 cm³/mol. The molecule has 3 rings (SSSR count). The lowest BCUT2D eigenvalue weighted by Crippen LogP contribution is -2.36. The topological polar surface area (TPSA) is 101 Å². The van der Waals surface area contributed by atoms with Crippen LogP contribution in [0.4, 0.5) is 0 Å². The van der Waals surface area contributed by atoms with Crippen LogP contribution in [0.15, 0.2) is 36.5 Å². The Kier molecular flexibility index (Phi) is 6.58. The first-order valence-corrected chi connectivity index (χ1v) is 8.27. The number of carbonyl (C=O) groups is 1. The average Bonchev–Trinajstić information content (AvgIpc) is 2.60. The van der Waals surface area contributed by atoms with E-state index in [1.54, 1.807) is 12.3 Å². The third-order valence-corrected chi connectivity index (χ3v) is 4.57. The molecule has 1 saturated carbocycles. The number of rotatable bonds is 4. The zero-order valence-corrected chi connectivity index (χ0v) is 14.7. The molecule has 2 aromatic rings. The van der Waals surface area contributed by atoms with Crippen LogP contribution in [-0.4, -0.2) is 23.5 Å². The van der Waals surface area contributed by atoms with Crippen molar-refractivity contribution < 1.29 is 9.53 Å². The highest BCUT2D eigenvalue weighted by Gasteiger charge is 2.28. The monoisotopic (exact) mass is 362 g/mol. The van der Waals surface area contributed by atoms with Gasteiger partial charge in [0.2, 0.25) is 0 Å². The van der Waals surface area contributed by atoms with Crippen LogP contribution in [0.5, 0.6) is 5.75 Å². The van der Waals surface area contributed by atoms with E-state index in [2.05, 4.69) is 10.3 Å². The first kappa shape index (κ1) is 19.0. The van der Waals surface area contributed by atoms with E-state index < -0.39 is 0 Å². The Morgan fingerprint density at radius 1 is 1.24 bits per heavy atom. The van der Waals surface area contributed by atoms with Gasteiger partial charge in [0, 0.05) is 18.1 Å². The summed E-state index contributed by atoms with van der Waals surface area (Å²) in [4.78, 5) is 16.8. The number of para-hydroxylation sites is 1. The molecule has 1 aliphatic rings. The second-order valence-corrected chi connectivity index (χ2v) is 6.26. The van der Waals surface area contributed by atoms with E-state index >= 15 is 0 Å². The van der Waals surface area contributed by atoms with Crippen LogP contribution >= 0.6 is 12.4 Å². The van der Waals surface area contributed by atoms with E-state index in [1.807, 2.05) is 24.3 Å². The minimum absolute atomic E-state index is 0. The lowest BCUT2D eigenvalue weighted by molar-refractivity contribution is -0.140. The largest absolute Gasteiger partial charge is 0.424 e. The number of pyridine rings is 1. The molecule has 0 saturated heterocycles. The van der Waals surface area contributed by atoms with Crippen LogP contribution < -0.4 is 15.8 Å². The molecule has 1 aliphatic carbocycles. The fourth-order valence-electron chi connectivity index (χ4n) is 3.21. The molecule has 25 heavy (non-hydrogen) atoms. The molecule has 0 amide bonds. The normalized spacial score (nSPS) is 19.7. The molecule has 1 heterocycles. The van der Waals surface area contributed by atoms with E-state index in [4.69, 9.17) is 15.9 Å². The van der Waals surface area contributed by atoms with Crippen molar-refractivity contribution >= 4 is 35.2 Å². The summed E-state index contributed by atoms with van der Waals surface area (Å²) in [5, 5.41) is 11.0. The van der Waals surface area contributed by atoms with Crippen molar-refractivity contribution in [2.24, 2.45) is 17.6 Å². The molecule has 0 aliphatic heterocycles. The van der Waals surface area contributed by atoms with Gasteiger partial charge in [0.1, 0.15) is 5.52 Å². The number of carbonyl (C=O) groups excluding carboxylic acids is 1. The lowest BCUT2D eigenvalue weighted by atomic mass is 9.82. The van der Waals surface area contributed by atoms with Crippen LogP contribution in [0.1, 0.15) is 25.7 Å². The van der Waals surface area contributed by atoms with Crippen molar-refractivity contribution in [1.29, 1.82) is 5.41 Å². The number of ether oxygens (including phenoxy) is 1. The number of halogens is 1. The van der Waals surface area contributed by atoms with E-state index in [1.165, 1.54) is 0 Å². The molecule has 1 aromatic carbocycles. The van der Waals surface area contributed by atoms with Gasteiger partial charge in [-0.15, -0.1) is 12.4 Å². The van der Waals surface area contributed by atoms with Crippen LogP contribution in [-0.2, 0) is 4.79 Å². The van der Waals surface area contributed by atoms with Gasteiger partial charge in [0.15, 0.2) is 11.7 Å². The smallest absolute Gasteiger partial charge is 0.314 e. The molecule has 1 aromatic heterocycles.